The normalized spacial score (nSPS) is 17.0. The molecular weight excluding hydrogens is 206 g/mol. The van der Waals surface area contributed by atoms with Crippen LogP contribution >= 0.6 is 0 Å². The van der Waals surface area contributed by atoms with Crippen LogP contribution in [0.2, 0.25) is 0 Å². The molecule has 1 atom stereocenters. The number of nitrogens with one attached hydrogen (secondary N) is 1. The topological polar surface area (TPSA) is 12.0 Å². The fourth-order valence-electron chi connectivity index (χ4n) is 2.61. The van der Waals surface area contributed by atoms with Crippen molar-refractivity contribution in [2.45, 2.75) is 26.7 Å². The van der Waals surface area contributed by atoms with Gasteiger partial charge in [-0.2, -0.15) is 0 Å². The van der Waals surface area contributed by atoms with Crippen molar-refractivity contribution in [3.63, 3.8) is 0 Å². The van der Waals surface area contributed by atoms with Crippen LogP contribution in [0.3, 0.4) is 0 Å². The van der Waals surface area contributed by atoms with E-state index in [9.17, 15) is 0 Å². The van der Waals surface area contributed by atoms with Crippen molar-refractivity contribution in [2.75, 3.05) is 5.32 Å². The van der Waals surface area contributed by atoms with Gasteiger partial charge < -0.3 is 5.32 Å². The molecule has 0 fully saturated rings. The van der Waals surface area contributed by atoms with Gasteiger partial charge in [0.25, 0.3) is 0 Å². The van der Waals surface area contributed by atoms with E-state index in [1.165, 1.54) is 33.6 Å². The highest BCUT2D eigenvalue weighted by Crippen LogP contribution is 2.41. The van der Waals surface area contributed by atoms with E-state index in [1.807, 2.05) is 0 Å². The first-order chi connectivity index (χ1) is 8.16. The summed E-state index contributed by atoms with van der Waals surface area (Å²) < 4.78 is 0. The molecule has 1 N–H and O–H groups in total. The van der Waals surface area contributed by atoms with Crippen molar-refractivity contribution in [3.8, 4) is 0 Å². The average Bonchev–Trinajstić information content (AvgIpc) is 2.32. The molecule has 1 aliphatic rings. The third kappa shape index (κ3) is 1.54. The van der Waals surface area contributed by atoms with Crippen molar-refractivity contribution >= 4 is 11.4 Å². The van der Waals surface area contributed by atoms with Gasteiger partial charge in [0.05, 0.1) is 0 Å². The first-order valence-corrected chi connectivity index (χ1v) is 6.14. The molecule has 1 aliphatic heterocycles. The lowest BCUT2D eigenvalue weighted by Crippen LogP contribution is -2.11. The van der Waals surface area contributed by atoms with Gasteiger partial charge in [-0.1, -0.05) is 31.2 Å². The van der Waals surface area contributed by atoms with Crippen molar-refractivity contribution in [1.82, 2.24) is 0 Å². The summed E-state index contributed by atoms with van der Waals surface area (Å²) in [6.07, 6.45) is 0. The predicted octanol–water partition coefficient (Wildman–Crippen LogP) is 4.51. The standard InChI is InChI=1S/C16H17N/c1-10-8-14-12(3)13-6-4-5-7-15(13)17-16(14)9-11(10)2/h4-9,12,17H,1-3H3. The van der Waals surface area contributed by atoms with E-state index in [0.717, 1.165) is 0 Å². The molecule has 86 valence electrons. The van der Waals surface area contributed by atoms with Crippen LogP contribution in [-0.4, -0.2) is 0 Å². The highest BCUT2D eigenvalue weighted by atomic mass is 14.9. The Morgan fingerprint density at radius 2 is 1.59 bits per heavy atom. The number of hydrogen-bond acceptors (Lipinski definition) is 1. The molecule has 0 aliphatic carbocycles. The van der Waals surface area contributed by atoms with E-state index < -0.39 is 0 Å². The second-order valence-electron chi connectivity index (χ2n) is 4.96. The summed E-state index contributed by atoms with van der Waals surface area (Å²) >= 11 is 0. The van der Waals surface area contributed by atoms with E-state index in [4.69, 9.17) is 0 Å². The van der Waals surface area contributed by atoms with Crippen molar-refractivity contribution < 1.29 is 0 Å². The number of rotatable bonds is 0. The zero-order valence-corrected chi connectivity index (χ0v) is 10.5. The fourth-order valence-corrected chi connectivity index (χ4v) is 2.61. The van der Waals surface area contributed by atoms with Crippen LogP contribution in [-0.2, 0) is 0 Å². The molecule has 2 aromatic carbocycles. The molecule has 1 unspecified atom stereocenters. The van der Waals surface area contributed by atoms with Gasteiger partial charge in [0.2, 0.25) is 0 Å². The van der Waals surface area contributed by atoms with E-state index >= 15 is 0 Å². The van der Waals surface area contributed by atoms with Gasteiger partial charge in [-0.3, -0.25) is 0 Å². The smallest absolute Gasteiger partial charge is 0.0425 e. The zero-order valence-electron chi connectivity index (χ0n) is 10.5. The third-order valence-electron chi connectivity index (χ3n) is 3.83. The summed E-state index contributed by atoms with van der Waals surface area (Å²) in [7, 11) is 0. The quantitative estimate of drug-likeness (QED) is 0.692. The summed E-state index contributed by atoms with van der Waals surface area (Å²) in [6, 6.07) is 13.2. The minimum Gasteiger partial charge on any atom is -0.355 e. The van der Waals surface area contributed by atoms with Crippen molar-refractivity contribution in [1.29, 1.82) is 0 Å². The average molecular weight is 223 g/mol. The summed E-state index contributed by atoms with van der Waals surface area (Å²) in [5.41, 5.74) is 8.03. The summed E-state index contributed by atoms with van der Waals surface area (Å²) in [5.74, 6) is 0.474. The molecule has 0 spiro atoms. The largest absolute Gasteiger partial charge is 0.355 e. The minimum absolute atomic E-state index is 0.474. The highest BCUT2D eigenvalue weighted by Gasteiger charge is 2.21. The molecule has 0 saturated heterocycles. The molecule has 0 saturated carbocycles. The summed E-state index contributed by atoms with van der Waals surface area (Å²) in [6.45, 7) is 6.64. The van der Waals surface area contributed by atoms with Crippen LogP contribution in [0.25, 0.3) is 0 Å². The number of para-hydroxylation sites is 1. The molecular formula is C16H17N. The van der Waals surface area contributed by atoms with Gasteiger partial charge >= 0.3 is 0 Å². The Morgan fingerprint density at radius 3 is 2.41 bits per heavy atom. The fraction of sp³-hybridized carbons (Fsp3) is 0.250. The third-order valence-corrected chi connectivity index (χ3v) is 3.83. The maximum absolute atomic E-state index is 3.54. The number of benzene rings is 2. The van der Waals surface area contributed by atoms with Crippen LogP contribution in [0.1, 0.15) is 35.1 Å². The molecule has 3 rings (SSSR count). The SMILES string of the molecule is Cc1cc2c(cc1C)C(C)c1ccccc1N2. The molecule has 0 amide bonds. The Morgan fingerprint density at radius 1 is 0.882 bits per heavy atom. The molecule has 0 aromatic heterocycles. The van der Waals surface area contributed by atoms with Gasteiger partial charge in [-0.05, 0) is 48.2 Å². The van der Waals surface area contributed by atoms with Crippen LogP contribution < -0.4 is 5.32 Å². The van der Waals surface area contributed by atoms with Gasteiger partial charge in [0.1, 0.15) is 0 Å². The van der Waals surface area contributed by atoms with Crippen LogP contribution in [0.5, 0.6) is 0 Å². The first kappa shape index (κ1) is 10.4. The van der Waals surface area contributed by atoms with E-state index in [-0.39, 0.29) is 0 Å². The monoisotopic (exact) mass is 223 g/mol. The van der Waals surface area contributed by atoms with Gasteiger partial charge in [0.15, 0.2) is 0 Å². The van der Waals surface area contributed by atoms with Gasteiger partial charge in [0, 0.05) is 17.3 Å². The summed E-state index contributed by atoms with van der Waals surface area (Å²) in [5, 5.41) is 3.54. The van der Waals surface area contributed by atoms with Crippen LogP contribution in [0.4, 0.5) is 11.4 Å². The zero-order chi connectivity index (χ0) is 12.0. The van der Waals surface area contributed by atoms with Crippen LogP contribution in [0.15, 0.2) is 36.4 Å². The predicted molar refractivity (Wildman–Crippen MR) is 73.2 cm³/mol. The molecule has 0 radical (unpaired) electrons. The Hall–Kier alpha value is -1.76. The molecule has 2 aromatic rings. The van der Waals surface area contributed by atoms with Crippen molar-refractivity contribution in [2.24, 2.45) is 0 Å². The van der Waals surface area contributed by atoms with E-state index in [1.54, 1.807) is 0 Å². The molecule has 0 bridgehead atoms. The van der Waals surface area contributed by atoms with Gasteiger partial charge in [-0.25, -0.2) is 0 Å². The lowest BCUT2D eigenvalue weighted by atomic mass is 9.86. The number of hydrogen-bond donors (Lipinski definition) is 1. The summed E-state index contributed by atoms with van der Waals surface area (Å²) in [4.78, 5) is 0. The minimum atomic E-state index is 0.474. The molecule has 17 heavy (non-hydrogen) atoms. The Balaban J connectivity index is 2.20. The molecule has 1 heteroatoms. The number of aryl methyl sites for hydroxylation is 2. The van der Waals surface area contributed by atoms with E-state index in [2.05, 4.69) is 62.5 Å². The molecule has 1 nitrogen and oxygen atoms in total. The Bertz CT molecular complexity index is 584. The lowest BCUT2D eigenvalue weighted by molar-refractivity contribution is 0.908. The van der Waals surface area contributed by atoms with Crippen molar-refractivity contribution in [3.05, 3.63) is 58.7 Å². The maximum Gasteiger partial charge on any atom is 0.0425 e. The number of fused-ring (bicyclic) bond motifs is 2. The highest BCUT2D eigenvalue weighted by molar-refractivity contribution is 5.74. The first-order valence-electron chi connectivity index (χ1n) is 6.14. The molecule has 1 heterocycles. The maximum atomic E-state index is 3.54. The number of anilines is 2. The second-order valence-corrected chi connectivity index (χ2v) is 4.96. The Labute approximate surface area is 102 Å². The Kier molecular flexibility index (Phi) is 2.22. The second kappa shape index (κ2) is 3.63. The van der Waals surface area contributed by atoms with Crippen LogP contribution in [0, 0.1) is 13.8 Å². The van der Waals surface area contributed by atoms with E-state index in [0.29, 0.717) is 5.92 Å². The van der Waals surface area contributed by atoms with Gasteiger partial charge in [-0.15, -0.1) is 0 Å². The lowest BCUT2D eigenvalue weighted by Gasteiger charge is -2.28.